The number of halogens is 1. The van der Waals surface area contributed by atoms with Crippen LogP contribution in [0.5, 0.6) is 0 Å². The minimum atomic E-state index is -0.310. The third-order valence-corrected chi connectivity index (χ3v) is 6.37. The summed E-state index contributed by atoms with van der Waals surface area (Å²) in [5.41, 5.74) is 2.79. The summed E-state index contributed by atoms with van der Waals surface area (Å²) in [6, 6.07) is 14.0. The highest BCUT2D eigenvalue weighted by Crippen LogP contribution is 2.17. The van der Waals surface area contributed by atoms with E-state index in [1.165, 1.54) is 42.3 Å². The van der Waals surface area contributed by atoms with E-state index in [2.05, 4.69) is 32.5 Å². The molecule has 0 atom stereocenters. The zero-order valence-corrected chi connectivity index (χ0v) is 18.7. The number of hydrogen-bond acceptors (Lipinski definition) is 6. The number of nitrogens with one attached hydrogen (secondary N) is 1. The minimum absolute atomic E-state index is 0.0400. The van der Waals surface area contributed by atoms with Crippen molar-refractivity contribution >= 4 is 23.4 Å². The third-order valence-electron chi connectivity index (χ3n) is 5.42. The van der Waals surface area contributed by atoms with Crippen LogP contribution in [0.4, 0.5) is 10.1 Å². The first-order valence-electron chi connectivity index (χ1n) is 10.9. The highest BCUT2D eigenvalue weighted by molar-refractivity contribution is 7.99. The standard InChI is InChI=1S/C24H27FN4O2S/c25-20-8-6-19(7-9-20)24-27-23(31-28-24)3-1-2-22(30)26-21-10-4-18(5-11-21)12-13-29-14-16-32-17-15-29/h4-11H,1-3,12-17H2,(H,26,30). The van der Waals surface area contributed by atoms with E-state index in [0.29, 0.717) is 36.5 Å². The Morgan fingerprint density at radius 3 is 2.56 bits per heavy atom. The highest BCUT2D eigenvalue weighted by atomic mass is 32.2. The molecule has 8 heteroatoms. The van der Waals surface area contributed by atoms with Crippen LogP contribution >= 0.6 is 11.8 Å². The van der Waals surface area contributed by atoms with Gasteiger partial charge in [-0.25, -0.2) is 4.39 Å². The predicted molar refractivity (Wildman–Crippen MR) is 125 cm³/mol. The molecule has 4 rings (SSSR count). The maximum absolute atomic E-state index is 13.0. The van der Waals surface area contributed by atoms with Crippen LogP contribution in [-0.2, 0) is 17.6 Å². The van der Waals surface area contributed by atoms with Gasteiger partial charge in [0, 0.05) is 55.2 Å². The average molecular weight is 455 g/mol. The van der Waals surface area contributed by atoms with Crippen LogP contribution in [0.1, 0.15) is 24.3 Å². The van der Waals surface area contributed by atoms with E-state index in [0.717, 1.165) is 18.7 Å². The Bertz CT molecular complexity index is 1000. The van der Waals surface area contributed by atoms with Gasteiger partial charge in [0.15, 0.2) is 0 Å². The molecule has 32 heavy (non-hydrogen) atoms. The first-order valence-corrected chi connectivity index (χ1v) is 12.1. The molecule has 0 aliphatic carbocycles. The molecule has 1 aliphatic heterocycles. The van der Waals surface area contributed by atoms with Crippen molar-refractivity contribution in [1.29, 1.82) is 0 Å². The van der Waals surface area contributed by atoms with Gasteiger partial charge < -0.3 is 14.7 Å². The number of aromatic nitrogens is 2. The van der Waals surface area contributed by atoms with Crippen molar-refractivity contribution in [2.45, 2.75) is 25.7 Å². The molecule has 0 bridgehead atoms. The topological polar surface area (TPSA) is 71.3 Å². The lowest BCUT2D eigenvalue weighted by Gasteiger charge is -2.26. The number of amides is 1. The number of anilines is 1. The van der Waals surface area contributed by atoms with E-state index >= 15 is 0 Å². The SMILES string of the molecule is O=C(CCCc1nc(-c2ccc(F)cc2)no1)Nc1ccc(CCN2CCSCC2)cc1. The zero-order valence-electron chi connectivity index (χ0n) is 17.9. The van der Waals surface area contributed by atoms with Crippen LogP contribution < -0.4 is 5.32 Å². The molecule has 6 nitrogen and oxygen atoms in total. The Labute approximate surface area is 191 Å². The van der Waals surface area contributed by atoms with E-state index in [1.807, 2.05) is 23.9 Å². The molecule has 1 amide bonds. The van der Waals surface area contributed by atoms with Crippen molar-refractivity contribution in [2.75, 3.05) is 36.5 Å². The van der Waals surface area contributed by atoms with Crippen LogP contribution in [0.3, 0.4) is 0 Å². The van der Waals surface area contributed by atoms with Crippen LogP contribution in [0, 0.1) is 5.82 Å². The lowest BCUT2D eigenvalue weighted by atomic mass is 10.1. The van der Waals surface area contributed by atoms with Gasteiger partial charge in [-0.3, -0.25) is 4.79 Å². The second-order valence-corrected chi connectivity index (χ2v) is 9.05. The molecule has 1 saturated heterocycles. The summed E-state index contributed by atoms with van der Waals surface area (Å²) in [5.74, 6) is 2.99. The first-order chi connectivity index (χ1) is 15.7. The fraction of sp³-hybridized carbons (Fsp3) is 0.375. The minimum Gasteiger partial charge on any atom is -0.339 e. The van der Waals surface area contributed by atoms with Crippen LogP contribution in [-0.4, -0.2) is 52.1 Å². The molecule has 3 aromatic rings. The summed E-state index contributed by atoms with van der Waals surface area (Å²) in [4.78, 5) is 19.1. The second-order valence-electron chi connectivity index (χ2n) is 7.82. The largest absolute Gasteiger partial charge is 0.339 e. The Balaban J connectivity index is 1.17. The van der Waals surface area contributed by atoms with Gasteiger partial charge in [-0.2, -0.15) is 16.7 Å². The normalized spacial score (nSPS) is 14.4. The molecule has 0 unspecified atom stereocenters. The molecule has 0 saturated carbocycles. The highest BCUT2D eigenvalue weighted by Gasteiger charge is 2.11. The van der Waals surface area contributed by atoms with Gasteiger partial charge in [0.25, 0.3) is 0 Å². The summed E-state index contributed by atoms with van der Waals surface area (Å²) < 4.78 is 18.3. The van der Waals surface area contributed by atoms with E-state index in [-0.39, 0.29) is 11.7 Å². The molecule has 0 spiro atoms. The Kier molecular flexibility index (Phi) is 7.90. The van der Waals surface area contributed by atoms with Gasteiger partial charge in [-0.15, -0.1) is 0 Å². The van der Waals surface area contributed by atoms with Crippen molar-refractivity contribution < 1.29 is 13.7 Å². The number of carbonyl (C=O) groups excluding carboxylic acids is 1. The summed E-state index contributed by atoms with van der Waals surface area (Å²) in [5, 5.41) is 6.86. The summed E-state index contributed by atoms with van der Waals surface area (Å²) >= 11 is 2.03. The van der Waals surface area contributed by atoms with Crippen molar-refractivity contribution in [2.24, 2.45) is 0 Å². The molecular weight excluding hydrogens is 427 g/mol. The van der Waals surface area contributed by atoms with E-state index < -0.39 is 0 Å². The van der Waals surface area contributed by atoms with Crippen molar-refractivity contribution in [1.82, 2.24) is 15.0 Å². The predicted octanol–water partition coefficient (Wildman–Crippen LogP) is 4.43. The number of aryl methyl sites for hydroxylation is 1. The average Bonchev–Trinajstić information content (AvgIpc) is 3.29. The summed E-state index contributed by atoms with van der Waals surface area (Å²) in [6.45, 7) is 3.44. The van der Waals surface area contributed by atoms with Gasteiger partial charge in [0.05, 0.1) is 0 Å². The molecular formula is C24H27FN4O2S. The lowest BCUT2D eigenvalue weighted by Crippen LogP contribution is -2.34. The van der Waals surface area contributed by atoms with Crippen molar-refractivity contribution in [3.05, 3.63) is 65.8 Å². The molecule has 2 heterocycles. The van der Waals surface area contributed by atoms with Gasteiger partial charge in [-0.1, -0.05) is 17.3 Å². The molecule has 168 valence electrons. The van der Waals surface area contributed by atoms with Gasteiger partial charge in [0.1, 0.15) is 5.82 Å². The van der Waals surface area contributed by atoms with E-state index in [1.54, 1.807) is 12.1 Å². The van der Waals surface area contributed by atoms with Crippen molar-refractivity contribution in [3.63, 3.8) is 0 Å². The third kappa shape index (κ3) is 6.64. The summed E-state index contributed by atoms with van der Waals surface area (Å²) in [6.07, 6.45) is 2.50. The number of benzene rings is 2. The van der Waals surface area contributed by atoms with Crippen LogP contribution in [0.2, 0.25) is 0 Å². The zero-order chi connectivity index (χ0) is 22.2. The number of nitrogens with zero attached hydrogens (tertiary/aromatic N) is 3. The second kappa shape index (κ2) is 11.2. The number of carbonyl (C=O) groups is 1. The van der Waals surface area contributed by atoms with Crippen LogP contribution in [0.15, 0.2) is 53.1 Å². The van der Waals surface area contributed by atoms with Crippen molar-refractivity contribution in [3.8, 4) is 11.4 Å². The fourth-order valence-corrected chi connectivity index (χ4v) is 4.54. The molecule has 1 N–H and O–H groups in total. The molecule has 2 aromatic carbocycles. The molecule has 1 aromatic heterocycles. The van der Waals surface area contributed by atoms with E-state index in [4.69, 9.17) is 4.52 Å². The monoisotopic (exact) mass is 454 g/mol. The van der Waals surface area contributed by atoms with Gasteiger partial charge in [-0.05, 0) is 54.8 Å². The van der Waals surface area contributed by atoms with Crippen LogP contribution in [0.25, 0.3) is 11.4 Å². The Morgan fingerprint density at radius 1 is 1.06 bits per heavy atom. The quantitative estimate of drug-likeness (QED) is 0.516. The maximum atomic E-state index is 13.0. The summed E-state index contributed by atoms with van der Waals surface area (Å²) in [7, 11) is 0. The maximum Gasteiger partial charge on any atom is 0.226 e. The Hall–Kier alpha value is -2.71. The molecule has 0 radical (unpaired) electrons. The van der Waals surface area contributed by atoms with Gasteiger partial charge in [0.2, 0.25) is 17.6 Å². The smallest absolute Gasteiger partial charge is 0.226 e. The number of hydrogen-bond donors (Lipinski definition) is 1. The fourth-order valence-electron chi connectivity index (χ4n) is 3.56. The number of thioether (sulfide) groups is 1. The molecule has 1 aliphatic rings. The van der Waals surface area contributed by atoms with E-state index in [9.17, 15) is 9.18 Å². The number of rotatable bonds is 9. The lowest BCUT2D eigenvalue weighted by molar-refractivity contribution is -0.116. The molecule has 1 fully saturated rings. The first kappa shape index (κ1) is 22.5. The Morgan fingerprint density at radius 2 is 1.81 bits per heavy atom. The van der Waals surface area contributed by atoms with Gasteiger partial charge >= 0.3 is 0 Å².